The molecular formula is C15H15N3O2S. The van der Waals surface area contributed by atoms with E-state index in [0.717, 1.165) is 28.0 Å². The van der Waals surface area contributed by atoms with E-state index in [9.17, 15) is 0 Å². The van der Waals surface area contributed by atoms with Gasteiger partial charge in [-0.05, 0) is 13.1 Å². The number of fused-ring (bicyclic) bond motifs is 1. The van der Waals surface area contributed by atoms with E-state index in [1.54, 1.807) is 6.26 Å². The van der Waals surface area contributed by atoms with Gasteiger partial charge in [0.25, 0.3) is 0 Å². The predicted octanol–water partition coefficient (Wildman–Crippen LogP) is 2.90. The lowest BCUT2D eigenvalue weighted by Crippen LogP contribution is -2.30. The van der Waals surface area contributed by atoms with Crippen molar-refractivity contribution in [1.29, 1.82) is 0 Å². The summed E-state index contributed by atoms with van der Waals surface area (Å²) in [6.45, 7) is 0. The molecule has 2 aromatic heterocycles. The van der Waals surface area contributed by atoms with Crippen molar-refractivity contribution < 1.29 is 8.94 Å². The van der Waals surface area contributed by atoms with Crippen LogP contribution in [0.1, 0.15) is 11.8 Å². The van der Waals surface area contributed by atoms with Gasteiger partial charge in [0.1, 0.15) is 11.8 Å². The second kappa shape index (κ2) is 5.20. The number of nitrogens with one attached hydrogen (secondary N) is 1. The summed E-state index contributed by atoms with van der Waals surface area (Å²) in [6, 6.07) is 8.26. The van der Waals surface area contributed by atoms with E-state index in [4.69, 9.17) is 8.94 Å². The number of thioether (sulfide) groups is 1. The molecule has 21 heavy (non-hydrogen) atoms. The van der Waals surface area contributed by atoms with Crippen LogP contribution in [0.5, 0.6) is 0 Å². The van der Waals surface area contributed by atoms with E-state index in [1.165, 1.54) is 0 Å². The fourth-order valence-electron chi connectivity index (χ4n) is 2.73. The molecule has 1 aliphatic heterocycles. The van der Waals surface area contributed by atoms with Gasteiger partial charge in [0.2, 0.25) is 11.7 Å². The third kappa shape index (κ3) is 2.15. The molecule has 0 saturated carbocycles. The average Bonchev–Trinajstić information content (AvgIpc) is 3.24. The highest BCUT2D eigenvalue weighted by molar-refractivity contribution is 7.99. The van der Waals surface area contributed by atoms with Crippen molar-refractivity contribution in [3.8, 4) is 11.4 Å². The topological polar surface area (TPSA) is 64.1 Å². The average molecular weight is 301 g/mol. The van der Waals surface area contributed by atoms with Crippen LogP contribution in [0, 0.1) is 0 Å². The molecule has 1 fully saturated rings. The zero-order chi connectivity index (χ0) is 14.2. The third-order valence-electron chi connectivity index (χ3n) is 3.93. The van der Waals surface area contributed by atoms with Gasteiger partial charge in [-0.2, -0.15) is 16.7 Å². The number of hydrogen-bond acceptors (Lipinski definition) is 6. The summed E-state index contributed by atoms with van der Waals surface area (Å²) >= 11 is 1.91. The highest BCUT2D eigenvalue weighted by Crippen LogP contribution is 2.34. The zero-order valence-corrected chi connectivity index (χ0v) is 12.4. The van der Waals surface area contributed by atoms with Gasteiger partial charge in [0.05, 0.1) is 11.5 Å². The van der Waals surface area contributed by atoms with Crippen LogP contribution in [-0.2, 0) is 0 Å². The zero-order valence-electron chi connectivity index (χ0n) is 11.6. The first-order valence-electron chi connectivity index (χ1n) is 6.92. The summed E-state index contributed by atoms with van der Waals surface area (Å²) in [5.41, 5.74) is 1.72. The van der Waals surface area contributed by atoms with E-state index < -0.39 is 0 Å². The Balaban J connectivity index is 1.71. The van der Waals surface area contributed by atoms with Gasteiger partial charge >= 0.3 is 0 Å². The van der Waals surface area contributed by atoms with Gasteiger partial charge in [-0.25, -0.2) is 0 Å². The van der Waals surface area contributed by atoms with Gasteiger partial charge in [0.15, 0.2) is 0 Å². The van der Waals surface area contributed by atoms with Gasteiger partial charge in [-0.1, -0.05) is 23.4 Å². The Hall–Kier alpha value is -1.79. The molecule has 1 N–H and O–H groups in total. The number of likely N-dealkylation sites (N-methyl/N-ethyl adjacent to an activating group) is 1. The maximum atomic E-state index is 5.54. The van der Waals surface area contributed by atoms with Crippen molar-refractivity contribution in [1.82, 2.24) is 15.5 Å². The molecule has 0 amide bonds. The summed E-state index contributed by atoms with van der Waals surface area (Å²) in [6.07, 6.45) is 1.69. The molecule has 3 heterocycles. The molecule has 1 aromatic carbocycles. The molecule has 108 valence electrons. The minimum absolute atomic E-state index is 0.277. The van der Waals surface area contributed by atoms with Crippen molar-refractivity contribution in [2.75, 3.05) is 18.6 Å². The Kier molecular flexibility index (Phi) is 3.20. The fraction of sp³-hybridized carbons (Fsp3) is 0.333. The number of hydrogen-bond donors (Lipinski definition) is 1. The van der Waals surface area contributed by atoms with Crippen LogP contribution in [0.25, 0.3) is 22.4 Å². The highest BCUT2D eigenvalue weighted by atomic mass is 32.2. The molecule has 1 saturated heterocycles. The molecule has 2 atom stereocenters. The SMILES string of the molecule is CNC1CSCC1c1nc(-c2coc3ccccc23)no1. The summed E-state index contributed by atoms with van der Waals surface area (Å²) in [4.78, 5) is 4.59. The Labute approximate surface area is 126 Å². The molecule has 0 spiro atoms. The second-order valence-electron chi connectivity index (χ2n) is 5.14. The summed E-state index contributed by atoms with van der Waals surface area (Å²) < 4.78 is 11.0. The highest BCUT2D eigenvalue weighted by Gasteiger charge is 2.32. The van der Waals surface area contributed by atoms with Crippen LogP contribution in [0.3, 0.4) is 0 Å². The normalized spacial score (nSPS) is 22.1. The molecule has 4 rings (SSSR count). The Morgan fingerprint density at radius 3 is 3.10 bits per heavy atom. The Bertz CT molecular complexity index is 767. The van der Waals surface area contributed by atoms with Gasteiger partial charge in [-0.15, -0.1) is 0 Å². The van der Waals surface area contributed by atoms with Crippen molar-refractivity contribution in [3.05, 3.63) is 36.4 Å². The van der Waals surface area contributed by atoms with Gasteiger partial charge in [-0.3, -0.25) is 0 Å². The minimum Gasteiger partial charge on any atom is -0.464 e. The molecule has 0 radical (unpaired) electrons. The van der Waals surface area contributed by atoms with Crippen molar-refractivity contribution >= 4 is 22.7 Å². The molecule has 5 nitrogen and oxygen atoms in total. The summed E-state index contributed by atoms with van der Waals surface area (Å²) in [7, 11) is 1.98. The second-order valence-corrected chi connectivity index (χ2v) is 6.22. The van der Waals surface area contributed by atoms with Crippen LogP contribution < -0.4 is 5.32 Å². The number of nitrogens with zero attached hydrogens (tertiary/aromatic N) is 2. The number of rotatable bonds is 3. The summed E-state index contributed by atoms with van der Waals surface area (Å²) in [5, 5.41) is 8.47. The molecule has 1 aliphatic rings. The first kappa shape index (κ1) is 12.9. The van der Waals surface area contributed by atoms with Crippen molar-refractivity contribution in [2.24, 2.45) is 0 Å². The number of benzene rings is 1. The standard InChI is InChI=1S/C15H15N3O2S/c1-16-12-8-21-7-11(12)15-17-14(18-20-15)10-6-19-13-5-3-2-4-9(10)13/h2-6,11-12,16H,7-8H2,1H3. The van der Waals surface area contributed by atoms with E-state index in [-0.39, 0.29) is 5.92 Å². The van der Waals surface area contributed by atoms with Crippen LogP contribution in [0.2, 0.25) is 0 Å². The lowest BCUT2D eigenvalue weighted by Gasteiger charge is -2.13. The van der Waals surface area contributed by atoms with E-state index in [0.29, 0.717) is 17.8 Å². The predicted molar refractivity (Wildman–Crippen MR) is 82.4 cm³/mol. The number of aromatic nitrogens is 2. The van der Waals surface area contributed by atoms with Gasteiger partial charge in [0, 0.05) is 22.9 Å². The first-order valence-corrected chi connectivity index (χ1v) is 8.07. The number of furan rings is 1. The lowest BCUT2D eigenvalue weighted by molar-refractivity contribution is 0.344. The van der Waals surface area contributed by atoms with Crippen LogP contribution in [0.15, 0.2) is 39.5 Å². The third-order valence-corrected chi connectivity index (χ3v) is 5.12. The van der Waals surface area contributed by atoms with E-state index in [1.807, 2.05) is 43.1 Å². The fourth-order valence-corrected chi connectivity index (χ4v) is 4.15. The van der Waals surface area contributed by atoms with Crippen LogP contribution >= 0.6 is 11.8 Å². The smallest absolute Gasteiger partial charge is 0.232 e. The quantitative estimate of drug-likeness (QED) is 0.802. The number of para-hydroxylation sites is 1. The van der Waals surface area contributed by atoms with Crippen LogP contribution in [-0.4, -0.2) is 34.7 Å². The molecular weight excluding hydrogens is 286 g/mol. The Morgan fingerprint density at radius 2 is 2.19 bits per heavy atom. The molecule has 6 heteroatoms. The largest absolute Gasteiger partial charge is 0.464 e. The Morgan fingerprint density at radius 1 is 1.29 bits per heavy atom. The molecule has 2 unspecified atom stereocenters. The first-order chi connectivity index (χ1) is 10.4. The lowest BCUT2D eigenvalue weighted by atomic mass is 10.0. The minimum atomic E-state index is 0.277. The van der Waals surface area contributed by atoms with Crippen molar-refractivity contribution in [3.63, 3.8) is 0 Å². The van der Waals surface area contributed by atoms with Gasteiger partial charge < -0.3 is 14.3 Å². The maximum absolute atomic E-state index is 5.54. The molecule has 0 bridgehead atoms. The van der Waals surface area contributed by atoms with E-state index >= 15 is 0 Å². The molecule has 3 aromatic rings. The maximum Gasteiger partial charge on any atom is 0.232 e. The van der Waals surface area contributed by atoms with Crippen LogP contribution in [0.4, 0.5) is 0 Å². The monoisotopic (exact) mass is 301 g/mol. The molecule has 0 aliphatic carbocycles. The van der Waals surface area contributed by atoms with Crippen molar-refractivity contribution in [2.45, 2.75) is 12.0 Å². The van der Waals surface area contributed by atoms with E-state index in [2.05, 4.69) is 15.5 Å². The summed E-state index contributed by atoms with van der Waals surface area (Å²) in [5.74, 6) is 3.67.